The van der Waals surface area contributed by atoms with Crippen LogP contribution < -0.4 is 35.2 Å². The standard InChI is InChI=1S/C26H23OSi.2ClH.Zr/c1-28(2)24-15-21-19-9-4-3-7-16(19)13-23(21)25(26(24)28)22-14-17(11-12-27)18-8-5-6-10-20(18)22;;;/h3-10,13-15,22,27H,11-12H2,1-2H3;2*1H;/q;;;+2/p-2. The summed E-state index contributed by atoms with van der Waals surface area (Å²) in [4.78, 5) is 0. The fourth-order valence-electron chi connectivity index (χ4n) is 5.76. The maximum Gasteiger partial charge on any atom is -1.00 e. The number of fused-ring (bicyclic) bond motifs is 5. The normalized spacial score (nSPS) is 20.5. The maximum absolute atomic E-state index is 9.64. The molecule has 0 aromatic heterocycles. The van der Waals surface area contributed by atoms with Gasteiger partial charge in [-0.2, -0.15) is 0 Å². The summed E-state index contributed by atoms with van der Waals surface area (Å²) in [5, 5.41) is 13.0. The van der Waals surface area contributed by atoms with E-state index in [1.807, 2.05) is 0 Å². The molecule has 6 rings (SSSR count). The molecular formula is C26H23Cl2OSiZr. The largest absolute Gasteiger partial charge is 1.00 e. The van der Waals surface area contributed by atoms with Gasteiger partial charge < -0.3 is 24.8 Å². The molecule has 1 heterocycles. The minimum atomic E-state index is -1.44. The van der Waals surface area contributed by atoms with E-state index in [1.165, 1.54) is 33.4 Å². The number of hydrogen-bond acceptors (Lipinski definition) is 1. The fraction of sp³-hybridized carbons (Fsp3) is 0.231. The SMILES string of the molecule is C[Si]1(C)c2cc3c(c(C4C=C(CCO)c5ccccc54)c21)[CH]([Zr+2])c1ccccc1-3.[Cl-].[Cl-]. The molecule has 2 atom stereocenters. The number of aliphatic hydroxyl groups excluding tert-OH is 1. The molecule has 0 spiro atoms. The molecule has 0 bridgehead atoms. The van der Waals surface area contributed by atoms with Gasteiger partial charge in [-0.3, -0.25) is 0 Å². The molecule has 0 radical (unpaired) electrons. The molecule has 0 amide bonds. The zero-order valence-corrected chi connectivity index (χ0v) is 22.5. The van der Waals surface area contributed by atoms with Crippen LogP contribution in [-0.2, 0) is 24.7 Å². The third-order valence-corrected chi connectivity index (χ3v) is 11.9. The van der Waals surface area contributed by atoms with Gasteiger partial charge in [0.2, 0.25) is 0 Å². The predicted molar refractivity (Wildman–Crippen MR) is 118 cm³/mol. The second kappa shape index (κ2) is 8.12. The first-order valence-corrected chi connectivity index (χ1v) is 14.9. The molecule has 3 aromatic carbocycles. The van der Waals surface area contributed by atoms with Crippen molar-refractivity contribution in [3.8, 4) is 11.1 Å². The summed E-state index contributed by atoms with van der Waals surface area (Å²) in [6.45, 7) is 5.24. The number of aliphatic hydroxyl groups is 1. The molecule has 0 fully saturated rings. The van der Waals surface area contributed by atoms with E-state index in [-0.39, 0.29) is 31.4 Å². The summed E-state index contributed by atoms with van der Waals surface area (Å²) < 4.78 is 0.529. The molecular weight excluding hydrogens is 519 g/mol. The van der Waals surface area contributed by atoms with E-state index in [0.29, 0.717) is 9.54 Å². The Balaban J connectivity index is 0.00000116. The van der Waals surface area contributed by atoms with E-state index in [9.17, 15) is 5.11 Å². The third-order valence-electron chi connectivity index (χ3n) is 7.20. The average Bonchev–Trinajstić information content (AvgIpc) is 3.01. The Morgan fingerprint density at radius 3 is 2.23 bits per heavy atom. The zero-order valence-electron chi connectivity index (χ0n) is 17.5. The second-order valence-electron chi connectivity index (χ2n) is 9.05. The van der Waals surface area contributed by atoms with Gasteiger partial charge in [0, 0.05) is 0 Å². The van der Waals surface area contributed by atoms with Gasteiger partial charge in [-0.05, 0) is 0 Å². The number of benzene rings is 3. The zero-order chi connectivity index (χ0) is 19.9. The summed E-state index contributed by atoms with van der Waals surface area (Å²) in [5.74, 6) is 0.336. The van der Waals surface area contributed by atoms with Gasteiger partial charge in [0.15, 0.2) is 0 Å². The maximum atomic E-state index is 9.64. The van der Waals surface area contributed by atoms with Crippen LogP contribution in [-0.4, -0.2) is 19.8 Å². The van der Waals surface area contributed by atoms with Crippen LogP contribution in [0.5, 0.6) is 0 Å². The van der Waals surface area contributed by atoms with Crippen LogP contribution in [0.2, 0.25) is 13.1 Å². The van der Waals surface area contributed by atoms with Crippen LogP contribution in [0.1, 0.15) is 43.8 Å². The first kappa shape index (κ1) is 23.2. The van der Waals surface area contributed by atoms with Gasteiger partial charge in [0.05, 0.1) is 0 Å². The summed E-state index contributed by atoms with van der Waals surface area (Å²) in [5.41, 5.74) is 11.8. The smallest absolute Gasteiger partial charge is 1.00 e. The Hall–Kier alpha value is -0.960. The van der Waals surface area contributed by atoms with Gasteiger partial charge in [-0.15, -0.1) is 0 Å². The van der Waals surface area contributed by atoms with E-state index < -0.39 is 8.07 Å². The summed E-state index contributed by atoms with van der Waals surface area (Å²) >= 11 is 1.58. The van der Waals surface area contributed by atoms with Crippen molar-refractivity contribution in [2.24, 2.45) is 0 Å². The van der Waals surface area contributed by atoms with Crippen molar-refractivity contribution in [1.82, 2.24) is 0 Å². The van der Waals surface area contributed by atoms with Crippen molar-refractivity contribution in [2.75, 3.05) is 6.61 Å². The van der Waals surface area contributed by atoms with Gasteiger partial charge >= 0.3 is 189 Å². The van der Waals surface area contributed by atoms with Crippen molar-refractivity contribution in [3.63, 3.8) is 0 Å². The van der Waals surface area contributed by atoms with Crippen LogP contribution in [0.4, 0.5) is 0 Å². The Bertz CT molecular complexity index is 1230. The number of halogens is 2. The third kappa shape index (κ3) is 3.15. The molecule has 0 saturated heterocycles. The Morgan fingerprint density at radius 1 is 0.871 bits per heavy atom. The second-order valence-corrected chi connectivity index (χ2v) is 14.8. The van der Waals surface area contributed by atoms with Crippen LogP contribution in [0.25, 0.3) is 16.7 Å². The van der Waals surface area contributed by atoms with E-state index in [0.717, 1.165) is 6.42 Å². The molecule has 31 heavy (non-hydrogen) atoms. The fourth-order valence-corrected chi connectivity index (χ4v) is 10.6. The van der Waals surface area contributed by atoms with Gasteiger partial charge in [0.1, 0.15) is 0 Å². The molecule has 2 aliphatic carbocycles. The average molecular weight is 542 g/mol. The van der Waals surface area contributed by atoms with Crippen molar-refractivity contribution < 1.29 is 54.6 Å². The Kier molecular flexibility index (Phi) is 6.08. The topological polar surface area (TPSA) is 20.2 Å². The van der Waals surface area contributed by atoms with Crippen molar-refractivity contribution >= 4 is 24.0 Å². The molecule has 0 saturated carbocycles. The molecule has 2 unspecified atom stereocenters. The van der Waals surface area contributed by atoms with Crippen molar-refractivity contribution in [1.29, 1.82) is 0 Å². The molecule has 1 nitrogen and oxygen atoms in total. The minimum Gasteiger partial charge on any atom is -1.00 e. The summed E-state index contributed by atoms with van der Waals surface area (Å²) in [6, 6.07) is 20.4. The minimum absolute atomic E-state index is 0. The van der Waals surface area contributed by atoms with E-state index in [1.54, 1.807) is 46.2 Å². The van der Waals surface area contributed by atoms with E-state index in [2.05, 4.69) is 73.8 Å². The number of hydrogen-bond donors (Lipinski definition) is 1. The van der Waals surface area contributed by atoms with Gasteiger partial charge in [0.25, 0.3) is 0 Å². The number of rotatable bonds is 3. The van der Waals surface area contributed by atoms with Crippen LogP contribution in [0.15, 0.2) is 60.7 Å². The van der Waals surface area contributed by atoms with E-state index >= 15 is 0 Å². The van der Waals surface area contributed by atoms with Crippen LogP contribution in [0, 0.1) is 0 Å². The Labute approximate surface area is 212 Å². The molecule has 155 valence electrons. The molecule has 1 N–H and O–H groups in total. The van der Waals surface area contributed by atoms with Crippen molar-refractivity contribution in [3.05, 3.63) is 88.5 Å². The molecule has 3 aromatic rings. The molecule has 3 aliphatic rings. The molecule has 1 aliphatic heterocycles. The quantitative estimate of drug-likeness (QED) is 0.395. The van der Waals surface area contributed by atoms with Crippen molar-refractivity contribution in [2.45, 2.75) is 29.1 Å². The van der Waals surface area contributed by atoms with Gasteiger partial charge in [-0.25, -0.2) is 0 Å². The summed E-state index contributed by atoms with van der Waals surface area (Å²) in [7, 11) is -1.44. The summed E-state index contributed by atoms with van der Waals surface area (Å²) in [6.07, 6.45) is 3.21. The molecule has 5 heteroatoms. The first-order chi connectivity index (χ1) is 14.0. The van der Waals surface area contributed by atoms with E-state index in [4.69, 9.17) is 0 Å². The first-order valence-electron chi connectivity index (χ1n) is 10.5. The van der Waals surface area contributed by atoms with Crippen LogP contribution >= 0.6 is 0 Å². The Morgan fingerprint density at radius 2 is 1.52 bits per heavy atom. The van der Waals surface area contributed by atoms with Gasteiger partial charge in [-0.1, -0.05) is 0 Å². The number of allylic oxidation sites excluding steroid dienone is 1. The van der Waals surface area contributed by atoms with Crippen LogP contribution in [0.3, 0.4) is 0 Å². The monoisotopic (exact) mass is 539 g/mol. The predicted octanol–water partition coefficient (Wildman–Crippen LogP) is -1.64.